The van der Waals surface area contributed by atoms with Crippen LogP contribution in [0.2, 0.25) is 0 Å². The van der Waals surface area contributed by atoms with Gasteiger partial charge in [0.1, 0.15) is 0 Å². The fourth-order valence-corrected chi connectivity index (χ4v) is 1.98. The van der Waals surface area contributed by atoms with E-state index in [-0.39, 0.29) is 29.6 Å². The van der Waals surface area contributed by atoms with Gasteiger partial charge in [-0.15, -0.1) is 0 Å². The van der Waals surface area contributed by atoms with Crippen molar-refractivity contribution in [1.82, 2.24) is 0 Å². The molecule has 0 amide bonds. The second-order valence-electron chi connectivity index (χ2n) is 5.40. The summed E-state index contributed by atoms with van der Waals surface area (Å²) in [6.45, 7) is 6.14. The summed E-state index contributed by atoms with van der Waals surface area (Å²) < 4.78 is 0. The number of carboxylic acids is 2. The molecule has 4 nitrogen and oxygen atoms in total. The largest absolute Gasteiger partial charge is 1.00 e. The Balaban J connectivity index is -0.000000382. The maximum atomic E-state index is 9.55. The molecule has 0 rings (SSSR count). The summed E-state index contributed by atoms with van der Waals surface area (Å²) in [5.41, 5.74) is 0. The van der Waals surface area contributed by atoms with E-state index >= 15 is 0 Å². The molecule has 0 aliphatic carbocycles. The molecule has 5 heteroatoms. The molecule has 0 unspecified atom stereocenters. The Kier molecular flexibility index (Phi) is 28.6. The van der Waals surface area contributed by atoms with Crippen LogP contribution in [-0.4, -0.2) is 22.2 Å². The van der Waals surface area contributed by atoms with Crippen molar-refractivity contribution in [3.05, 3.63) is 19.1 Å². The Hall–Kier alpha value is -0.320. The Morgan fingerprint density at radius 2 is 1.04 bits per heavy atom. The van der Waals surface area contributed by atoms with Crippen molar-refractivity contribution in [3.63, 3.8) is 0 Å². The first-order valence-electron chi connectivity index (χ1n) is 8.47. The molecule has 130 valence electrons. The molecule has 0 bridgehead atoms. The quantitative estimate of drug-likeness (QED) is 0.234. The third-order valence-corrected chi connectivity index (χ3v) is 3.22. The molecule has 0 atom stereocenters. The molecule has 0 aromatic rings. The fourth-order valence-electron chi connectivity index (χ4n) is 1.98. The van der Waals surface area contributed by atoms with Crippen LogP contribution >= 0.6 is 0 Å². The number of hydrogen-bond acceptors (Lipinski definition) is 2. The number of unbranched alkanes of at least 4 members (excludes halogenated alkanes) is 11. The second kappa shape index (κ2) is 23.9. The number of carbonyl (C=O) groups is 2. The van der Waals surface area contributed by atoms with Gasteiger partial charge in [0.05, 0.1) is 0 Å². The first kappa shape index (κ1) is 27.5. The molecule has 0 saturated heterocycles. The van der Waals surface area contributed by atoms with E-state index in [2.05, 4.69) is 13.8 Å². The van der Waals surface area contributed by atoms with Crippen LogP contribution in [0.15, 0.2) is 12.2 Å². The van der Waals surface area contributed by atoms with Gasteiger partial charge in [0.15, 0.2) is 0 Å². The van der Waals surface area contributed by atoms with E-state index in [1.165, 1.54) is 70.6 Å². The number of rotatable bonds is 13. The van der Waals surface area contributed by atoms with Crippen molar-refractivity contribution in [2.24, 2.45) is 0 Å². The van der Waals surface area contributed by atoms with Crippen LogP contribution in [0.3, 0.4) is 0 Å². The number of carboxylic acid groups (broad SMARTS) is 2. The number of aliphatic carboxylic acids is 2. The summed E-state index contributed by atoms with van der Waals surface area (Å²) in [5, 5.41) is 15.6. The van der Waals surface area contributed by atoms with Gasteiger partial charge in [0, 0.05) is 12.2 Å². The first-order chi connectivity index (χ1) is 10.5. The zero-order valence-corrected chi connectivity index (χ0v) is 17.1. The van der Waals surface area contributed by atoms with Gasteiger partial charge >= 0.3 is 41.5 Å². The summed E-state index contributed by atoms with van der Waals surface area (Å²) >= 11 is 0. The molecule has 2 N–H and O–H groups in total. The third kappa shape index (κ3) is 34.2. The normalized spacial score (nSPS) is 9.83. The summed E-state index contributed by atoms with van der Waals surface area (Å²) in [6, 6.07) is 0. The van der Waals surface area contributed by atoms with E-state index in [1.807, 2.05) is 0 Å². The summed E-state index contributed by atoms with van der Waals surface area (Å²) in [7, 11) is 0. The molecule has 0 radical (unpaired) electrons. The van der Waals surface area contributed by atoms with Gasteiger partial charge in [-0.2, -0.15) is 6.42 Å². The zero-order valence-electron chi connectivity index (χ0n) is 15.1. The van der Waals surface area contributed by atoms with Gasteiger partial charge in [-0.3, -0.25) is 0 Å². The summed E-state index contributed by atoms with van der Waals surface area (Å²) in [5.74, 6) is -2.51. The minimum Gasteiger partial charge on any atom is -0.478 e. The van der Waals surface area contributed by atoms with Crippen LogP contribution in [0.5, 0.6) is 0 Å². The van der Waals surface area contributed by atoms with Gasteiger partial charge in [-0.25, -0.2) is 9.59 Å². The van der Waals surface area contributed by atoms with Gasteiger partial charge in [-0.1, -0.05) is 77.6 Å². The molecular weight excluding hydrogens is 303 g/mol. The molecule has 23 heavy (non-hydrogen) atoms. The average Bonchev–Trinajstić information content (AvgIpc) is 2.48. The second-order valence-corrected chi connectivity index (χ2v) is 5.40. The number of hydrogen-bond donors (Lipinski definition) is 2. The van der Waals surface area contributed by atoms with Gasteiger partial charge < -0.3 is 17.1 Å². The maximum absolute atomic E-state index is 9.55. The molecule has 0 saturated carbocycles. The summed E-state index contributed by atoms with van der Waals surface area (Å²) in [6.07, 6.45) is 18.0. The van der Waals surface area contributed by atoms with E-state index in [0.717, 1.165) is 6.42 Å². The van der Waals surface area contributed by atoms with Crippen molar-refractivity contribution in [2.45, 2.75) is 84.0 Å². The topological polar surface area (TPSA) is 74.6 Å². The van der Waals surface area contributed by atoms with Gasteiger partial charge in [0.2, 0.25) is 0 Å². The van der Waals surface area contributed by atoms with Crippen molar-refractivity contribution in [1.29, 1.82) is 0 Å². The molecule has 0 spiro atoms. The maximum Gasteiger partial charge on any atom is 1.00 e. The minimum absolute atomic E-state index is 0. The predicted octanol–water partition coefficient (Wildman–Crippen LogP) is 2.24. The predicted molar refractivity (Wildman–Crippen MR) is 90.8 cm³/mol. The molecule has 0 aromatic heterocycles. The van der Waals surface area contributed by atoms with Crippen LogP contribution < -0.4 is 29.6 Å². The molecule has 0 heterocycles. The fraction of sp³-hybridized carbons (Fsp3) is 0.722. The summed E-state index contributed by atoms with van der Waals surface area (Å²) in [4.78, 5) is 19.1. The Labute approximate surface area is 164 Å². The Bertz CT molecular complexity index is 263. The van der Waals surface area contributed by atoms with Crippen molar-refractivity contribution >= 4 is 11.9 Å². The van der Waals surface area contributed by atoms with E-state index in [9.17, 15) is 9.59 Å². The smallest absolute Gasteiger partial charge is 0.478 e. The van der Waals surface area contributed by atoms with E-state index in [4.69, 9.17) is 10.2 Å². The van der Waals surface area contributed by atoms with Crippen molar-refractivity contribution < 1.29 is 49.4 Å². The SMILES string of the molecule is O=C(O)/C=C/C(=O)O.[CH2-]CCCCCCCCCCCCC.[Na+]. The molecule has 0 aliphatic heterocycles. The standard InChI is InChI=1S/C14H29.C4H4O4.Na/c1-3-5-7-9-11-13-14-12-10-8-6-4-2;5-3(6)1-2-4(7)8;/h1,3-14H2,2H3;1-2H,(H,5,6)(H,7,8);/q-1;;+1/b;2-1+;. The van der Waals surface area contributed by atoms with Crippen LogP contribution in [0.1, 0.15) is 84.0 Å². The molecular formula is C18H33NaO4. The van der Waals surface area contributed by atoms with Crippen LogP contribution in [0, 0.1) is 6.92 Å². The monoisotopic (exact) mass is 336 g/mol. The minimum atomic E-state index is -1.26. The van der Waals surface area contributed by atoms with Crippen LogP contribution in [-0.2, 0) is 9.59 Å². The van der Waals surface area contributed by atoms with E-state index in [0.29, 0.717) is 12.2 Å². The van der Waals surface area contributed by atoms with E-state index in [1.54, 1.807) is 0 Å². The Morgan fingerprint density at radius 3 is 1.30 bits per heavy atom. The van der Waals surface area contributed by atoms with Gasteiger partial charge in [-0.05, 0) is 0 Å². The molecule has 0 aliphatic rings. The van der Waals surface area contributed by atoms with Crippen molar-refractivity contribution in [3.8, 4) is 0 Å². The first-order valence-corrected chi connectivity index (χ1v) is 8.47. The zero-order chi connectivity index (χ0) is 17.1. The molecule has 0 aromatic carbocycles. The van der Waals surface area contributed by atoms with E-state index < -0.39 is 11.9 Å². The average molecular weight is 336 g/mol. The molecule has 0 fully saturated rings. The van der Waals surface area contributed by atoms with Crippen molar-refractivity contribution in [2.75, 3.05) is 0 Å². The third-order valence-electron chi connectivity index (χ3n) is 3.22. The Morgan fingerprint density at radius 1 is 0.739 bits per heavy atom. The van der Waals surface area contributed by atoms with Crippen LogP contribution in [0.4, 0.5) is 0 Å². The van der Waals surface area contributed by atoms with Gasteiger partial charge in [0.25, 0.3) is 0 Å². The van der Waals surface area contributed by atoms with Crippen LogP contribution in [0.25, 0.3) is 0 Å².